The smallest absolute Gasteiger partial charge is 0.140 e. The van der Waals surface area contributed by atoms with E-state index < -0.39 is 0 Å². The fraction of sp³-hybridized carbons (Fsp3) is 0.300. The summed E-state index contributed by atoms with van der Waals surface area (Å²) in [6.07, 6.45) is 0. The van der Waals surface area contributed by atoms with E-state index in [4.69, 9.17) is 23.2 Å². The molecule has 0 unspecified atom stereocenters. The number of pyridine rings is 1. The van der Waals surface area contributed by atoms with Gasteiger partial charge in [-0.3, -0.25) is 0 Å². The Labute approximate surface area is 92.2 Å². The van der Waals surface area contributed by atoms with Crippen LogP contribution in [0.5, 0.6) is 0 Å². The second-order valence-corrected chi connectivity index (χ2v) is 4.32. The number of aromatic nitrogens is 2. The van der Waals surface area contributed by atoms with Crippen molar-refractivity contribution in [2.75, 3.05) is 0 Å². The van der Waals surface area contributed by atoms with Crippen LogP contribution in [-0.2, 0) is 0 Å². The maximum Gasteiger partial charge on any atom is 0.140 e. The first-order valence-electron chi connectivity index (χ1n) is 4.42. The molecule has 74 valence electrons. The third kappa shape index (κ3) is 1.60. The molecule has 0 atom stereocenters. The van der Waals surface area contributed by atoms with Crippen molar-refractivity contribution in [2.45, 2.75) is 19.8 Å². The number of hydrogen-bond acceptors (Lipinski definition) is 1. The fourth-order valence-corrected chi connectivity index (χ4v) is 1.88. The molecule has 1 N–H and O–H groups in total. The number of hydrogen-bond donors (Lipinski definition) is 1. The number of nitrogens with zero attached hydrogens (tertiary/aromatic N) is 1. The van der Waals surface area contributed by atoms with Gasteiger partial charge in [0.05, 0.1) is 5.52 Å². The zero-order valence-corrected chi connectivity index (χ0v) is 9.45. The lowest BCUT2D eigenvalue weighted by molar-refractivity contribution is 0.836. The average Bonchev–Trinajstić information content (AvgIpc) is 2.47. The third-order valence-corrected chi connectivity index (χ3v) is 2.66. The highest BCUT2D eigenvalue weighted by Gasteiger charge is 2.08. The molecule has 0 fully saturated rings. The van der Waals surface area contributed by atoms with Gasteiger partial charge < -0.3 is 4.98 Å². The second-order valence-electron chi connectivity index (χ2n) is 3.58. The van der Waals surface area contributed by atoms with Crippen molar-refractivity contribution in [2.24, 2.45) is 0 Å². The molecule has 2 heterocycles. The van der Waals surface area contributed by atoms with E-state index in [2.05, 4.69) is 23.8 Å². The Kier molecular flexibility index (Phi) is 2.41. The average molecular weight is 229 g/mol. The van der Waals surface area contributed by atoms with Gasteiger partial charge in [-0.2, -0.15) is 0 Å². The normalized spacial score (nSPS) is 11.5. The van der Waals surface area contributed by atoms with E-state index in [9.17, 15) is 0 Å². The van der Waals surface area contributed by atoms with Crippen LogP contribution in [0.15, 0.2) is 12.1 Å². The Hall–Kier alpha value is -0.730. The van der Waals surface area contributed by atoms with E-state index in [1.165, 1.54) is 0 Å². The van der Waals surface area contributed by atoms with Gasteiger partial charge in [0, 0.05) is 11.1 Å². The maximum atomic E-state index is 5.96. The van der Waals surface area contributed by atoms with E-state index in [1.54, 1.807) is 6.07 Å². The fourth-order valence-electron chi connectivity index (χ4n) is 1.39. The van der Waals surface area contributed by atoms with Crippen LogP contribution < -0.4 is 0 Å². The Bertz CT molecular complexity index is 474. The van der Waals surface area contributed by atoms with Crippen LogP contribution in [0.1, 0.15) is 25.5 Å². The van der Waals surface area contributed by atoms with Gasteiger partial charge in [0.15, 0.2) is 0 Å². The van der Waals surface area contributed by atoms with Gasteiger partial charge >= 0.3 is 0 Å². The number of halogens is 2. The molecule has 0 radical (unpaired) electrons. The summed E-state index contributed by atoms with van der Waals surface area (Å²) < 4.78 is 0. The second kappa shape index (κ2) is 3.44. The molecule has 0 aliphatic carbocycles. The quantitative estimate of drug-likeness (QED) is 0.735. The van der Waals surface area contributed by atoms with Crippen molar-refractivity contribution in [3.05, 3.63) is 28.1 Å². The lowest BCUT2D eigenvalue weighted by Gasteiger charge is -1.97. The van der Waals surface area contributed by atoms with Crippen molar-refractivity contribution in [3.8, 4) is 0 Å². The summed E-state index contributed by atoms with van der Waals surface area (Å²) in [6, 6.07) is 3.81. The molecule has 0 amide bonds. The zero-order valence-electron chi connectivity index (χ0n) is 7.94. The minimum atomic E-state index is 0.416. The lowest BCUT2D eigenvalue weighted by atomic mass is 10.1. The minimum absolute atomic E-state index is 0.416. The largest absolute Gasteiger partial charge is 0.358 e. The molecule has 0 bridgehead atoms. The maximum absolute atomic E-state index is 5.96. The Morgan fingerprint density at radius 2 is 2.00 bits per heavy atom. The summed E-state index contributed by atoms with van der Waals surface area (Å²) in [4.78, 5) is 7.25. The molecule has 2 aromatic heterocycles. The van der Waals surface area contributed by atoms with E-state index in [0.717, 1.165) is 16.6 Å². The van der Waals surface area contributed by atoms with Crippen molar-refractivity contribution in [1.82, 2.24) is 9.97 Å². The SMILES string of the molecule is CC(C)c1cc2c(Cl)nc(Cl)cc2[nH]1. The highest BCUT2D eigenvalue weighted by molar-refractivity contribution is 6.36. The first kappa shape index (κ1) is 9.81. The summed E-state index contributed by atoms with van der Waals surface area (Å²) in [6.45, 7) is 4.24. The first-order chi connectivity index (χ1) is 6.58. The van der Waals surface area contributed by atoms with Crippen LogP contribution in [-0.4, -0.2) is 9.97 Å². The first-order valence-corrected chi connectivity index (χ1v) is 5.18. The number of nitrogens with one attached hydrogen (secondary N) is 1. The number of H-pyrrole nitrogens is 1. The molecule has 2 nitrogen and oxygen atoms in total. The van der Waals surface area contributed by atoms with E-state index >= 15 is 0 Å². The lowest BCUT2D eigenvalue weighted by Crippen LogP contribution is -1.84. The van der Waals surface area contributed by atoms with Crippen molar-refractivity contribution < 1.29 is 0 Å². The van der Waals surface area contributed by atoms with Gasteiger partial charge in [-0.15, -0.1) is 0 Å². The highest BCUT2D eigenvalue weighted by Crippen LogP contribution is 2.27. The predicted octanol–water partition coefficient (Wildman–Crippen LogP) is 3.99. The summed E-state index contributed by atoms with van der Waals surface area (Å²) in [5.74, 6) is 0.442. The highest BCUT2D eigenvalue weighted by atomic mass is 35.5. The zero-order chi connectivity index (χ0) is 10.3. The van der Waals surface area contributed by atoms with Crippen LogP contribution >= 0.6 is 23.2 Å². The molecule has 4 heteroatoms. The van der Waals surface area contributed by atoms with E-state index in [1.807, 2.05) is 6.07 Å². The van der Waals surface area contributed by atoms with Gasteiger partial charge in [-0.05, 0) is 18.1 Å². The molecule has 0 saturated heterocycles. The third-order valence-electron chi connectivity index (χ3n) is 2.18. The Morgan fingerprint density at radius 3 is 2.64 bits per heavy atom. The molecule has 2 aromatic rings. The molecule has 0 aliphatic heterocycles. The van der Waals surface area contributed by atoms with Gasteiger partial charge in [-0.1, -0.05) is 37.0 Å². The predicted molar refractivity (Wildman–Crippen MR) is 60.2 cm³/mol. The number of rotatable bonds is 1. The topological polar surface area (TPSA) is 28.7 Å². The summed E-state index contributed by atoms with van der Waals surface area (Å²) in [5, 5.41) is 1.80. The molecular formula is C10H10Cl2N2. The number of fused-ring (bicyclic) bond motifs is 1. The molecule has 14 heavy (non-hydrogen) atoms. The van der Waals surface area contributed by atoms with Gasteiger partial charge in [0.1, 0.15) is 10.3 Å². The van der Waals surface area contributed by atoms with Crippen LogP contribution in [0.3, 0.4) is 0 Å². The van der Waals surface area contributed by atoms with Gasteiger partial charge in [-0.25, -0.2) is 4.98 Å². The van der Waals surface area contributed by atoms with Crippen LogP contribution in [0.25, 0.3) is 10.9 Å². The summed E-state index contributed by atoms with van der Waals surface area (Å²) in [7, 11) is 0. The molecule has 0 spiro atoms. The molecule has 0 aromatic carbocycles. The van der Waals surface area contributed by atoms with Gasteiger partial charge in [0.2, 0.25) is 0 Å². The summed E-state index contributed by atoms with van der Waals surface area (Å²) >= 11 is 11.8. The minimum Gasteiger partial charge on any atom is -0.358 e. The van der Waals surface area contributed by atoms with Gasteiger partial charge in [0.25, 0.3) is 0 Å². The van der Waals surface area contributed by atoms with Crippen molar-refractivity contribution in [1.29, 1.82) is 0 Å². The number of aromatic amines is 1. The van der Waals surface area contributed by atoms with Crippen LogP contribution in [0.2, 0.25) is 10.3 Å². The Morgan fingerprint density at radius 1 is 1.29 bits per heavy atom. The van der Waals surface area contributed by atoms with E-state index in [0.29, 0.717) is 16.2 Å². The molecule has 2 rings (SSSR count). The molecule has 0 saturated carbocycles. The molecule has 0 aliphatic rings. The molecular weight excluding hydrogens is 219 g/mol. The van der Waals surface area contributed by atoms with Crippen LogP contribution in [0.4, 0.5) is 0 Å². The Balaban J connectivity index is 2.70. The van der Waals surface area contributed by atoms with E-state index in [-0.39, 0.29) is 0 Å². The standard InChI is InChI=1S/C10H10Cl2N2/c1-5(2)7-3-6-8(13-7)4-9(11)14-10(6)12/h3-5,13H,1-2H3. The monoisotopic (exact) mass is 228 g/mol. The van der Waals surface area contributed by atoms with Crippen molar-refractivity contribution in [3.63, 3.8) is 0 Å². The van der Waals surface area contributed by atoms with Crippen molar-refractivity contribution >= 4 is 34.1 Å². The van der Waals surface area contributed by atoms with Crippen LogP contribution in [0, 0.1) is 0 Å². The summed E-state index contributed by atoms with van der Waals surface area (Å²) in [5.41, 5.74) is 2.09.